The number of guanidine groups is 1. The minimum absolute atomic E-state index is 0.833. The van der Waals surface area contributed by atoms with Gasteiger partial charge in [0.05, 0.1) is 0 Å². The summed E-state index contributed by atoms with van der Waals surface area (Å²) in [5.74, 6) is 1.80. The molecule has 2 N–H and O–H groups in total. The Morgan fingerprint density at radius 1 is 1.18 bits per heavy atom. The molecule has 0 saturated heterocycles. The van der Waals surface area contributed by atoms with E-state index in [2.05, 4.69) is 34.4 Å². The van der Waals surface area contributed by atoms with Gasteiger partial charge in [-0.05, 0) is 51.5 Å². The summed E-state index contributed by atoms with van der Waals surface area (Å²) in [7, 11) is 0. The van der Waals surface area contributed by atoms with E-state index in [1.54, 1.807) is 0 Å². The van der Waals surface area contributed by atoms with Crippen LogP contribution in [0.5, 0.6) is 0 Å². The average molecular weight is 310 g/mol. The van der Waals surface area contributed by atoms with Gasteiger partial charge in [0, 0.05) is 45.4 Å². The summed E-state index contributed by atoms with van der Waals surface area (Å²) in [5, 5.41) is 6.76. The predicted molar refractivity (Wildman–Crippen MR) is 92.4 cm³/mol. The maximum absolute atomic E-state index is 5.64. The van der Waals surface area contributed by atoms with E-state index in [-0.39, 0.29) is 0 Å². The van der Waals surface area contributed by atoms with Gasteiger partial charge in [0.2, 0.25) is 0 Å². The van der Waals surface area contributed by atoms with Crippen LogP contribution < -0.4 is 10.6 Å². The molecule has 2 fully saturated rings. The molecule has 5 heteroatoms. The monoisotopic (exact) mass is 310 g/mol. The molecule has 128 valence electrons. The van der Waals surface area contributed by atoms with Crippen molar-refractivity contribution >= 4 is 5.96 Å². The van der Waals surface area contributed by atoms with Crippen LogP contribution in [0.2, 0.25) is 0 Å². The van der Waals surface area contributed by atoms with Crippen LogP contribution in [-0.4, -0.2) is 62.8 Å². The molecule has 0 bridgehead atoms. The lowest BCUT2D eigenvalue weighted by molar-refractivity contribution is 0.123. The van der Waals surface area contributed by atoms with Crippen LogP contribution in [0.15, 0.2) is 4.99 Å². The Hall–Kier alpha value is -0.810. The Morgan fingerprint density at radius 3 is 2.64 bits per heavy atom. The van der Waals surface area contributed by atoms with E-state index < -0.39 is 0 Å². The molecule has 2 rings (SSSR count). The van der Waals surface area contributed by atoms with Gasteiger partial charge < -0.3 is 15.4 Å². The van der Waals surface area contributed by atoms with E-state index in [4.69, 9.17) is 4.74 Å². The van der Waals surface area contributed by atoms with Crippen LogP contribution in [0.4, 0.5) is 0 Å². The molecule has 0 aromatic heterocycles. The highest BCUT2D eigenvalue weighted by molar-refractivity contribution is 5.79. The zero-order valence-corrected chi connectivity index (χ0v) is 14.4. The quantitative estimate of drug-likeness (QED) is 0.328. The number of ether oxygens (including phenoxy) is 1. The Morgan fingerprint density at radius 2 is 2.00 bits per heavy atom. The molecule has 0 unspecified atom stereocenters. The summed E-state index contributed by atoms with van der Waals surface area (Å²) in [4.78, 5) is 7.18. The zero-order chi connectivity index (χ0) is 15.6. The molecule has 0 aliphatic heterocycles. The lowest BCUT2D eigenvalue weighted by Crippen LogP contribution is -2.42. The number of hydrogen-bond acceptors (Lipinski definition) is 3. The van der Waals surface area contributed by atoms with Crippen molar-refractivity contribution in [2.75, 3.05) is 45.9 Å². The fraction of sp³-hybridized carbons (Fsp3) is 0.941. The summed E-state index contributed by atoms with van der Waals surface area (Å²) in [6, 6.07) is 0.843. The Kier molecular flexibility index (Phi) is 8.02. The number of hydrogen-bond donors (Lipinski definition) is 2. The predicted octanol–water partition coefficient (Wildman–Crippen LogP) is 1.84. The first-order chi connectivity index (χ1) is 10.8. The summed E-state index contributed by atoms with van der Waals surface area (Å²) >= 11 is 0. The number of rotatable bonds is 12. The van der Waals surface area contributed by atoms with Crippen LogP contribution in [-0.2, 0) is 4.74 Å². The van der Waals surface area contributed by atoms with Crippen molar-refractivity contribution < 1.29 is 4.74 Å². The van der Waals surface area contributed by atoms with Gasteiger partial charge in [-0.3, -0.25) is 9.89 Å². The molecule has 5 nitrogen and oxygen atoms in total. The van der Waals surface area contributed by atoms with Crippen molar-refractivity contribution in [3.8, 4) is 0 Å². The smallest absolute Gasteiger partial charge is 0.191 e. The summed E-state index contributed by atoms with van der Waals surface area (Å²) < 4.78 is 5.64. The van der Waals surface area contributed by atoms with Crippen LogP contribution in [0.25, 0.3) is 0 Å². The molecule has 0 heterocycles. The normalized spacial score (nSPS) is 18.8. The Balaban J connectivity index is 1.54. The van der Waals surface area contributed by atoms with Gasteiger partial charge in [-0.1, -0.05) is 6.92 Å². The molecule has 22 heavy (non-hydrogen) atoms. The Bertz CT molecular complexity index is 327. The topological polar surface area (TPSA) is 48.9 Å². The number of aliphatic imine (C=N–C) groups is 1. The van der Waals surface area contributed by atoms with Gasteiger partial charge in [0.15, 0.2) is 5.96 Å². The third-order valence-corrected chi connectivity index (χ3v) is 4.27. The summed E-state index contributed by atoms with van der Waals surface area (Å²) in [6.45, 7) is 11.1. The van der Waals surface area contributed by atoms with E-state index in [0.717, 1.165) is 70.3 Å². The van der Waals surface area contributed by atoms with Gasteiger partial charge in [0.1, 0.15) is 0 Å². The average Bonchev–Trinajstić information content (AvgIpc) is 3.39. The zero-order valence-electron chi connectivity index (χ0n) is 14.4. The number of nitrogens with one attached hydrogen (secondary N) is 2. The van der Waals surface area contributed by atoms with Crippen LogP contribution >= 0.6 is 0 Å². The van der Waals surface area contributed by atoms with Gasteiger partial charge in [-0.2, -0.15) is 0 Å². The first kappa shape index (κ1) is 17.5. The van der Waals surface area contributed by atoms with E-state index in [9.17, 15) is 0 Å². The van der Waals surface area contributed by atoms with Crippen molar-refractivity contribution in [1.82, 2.24) is 15.5 Å². The summed E-state index contributed by atoms with van der Waals surface area (Å²) in [6.07, 6.45) is 6.49. The molecule has 0 aromatic carbocycles. The lowest BCUT2D eigenvalue weighted by atomic mass is 10.4. The molecule has 2 aliphatic carbocycles. The van der Waals surface area contributed by atoms with Gasteiger partial charge >= 0.3 is 0 Å². The van der Waals surface area contributed by atoms with Crippen LogP contribution in [0.1, 0.15) is 46.0 Å². The van der Waals surface area contributed by atoms with E-state index in [1.807, 2.05) is 0 Å². The van der Waals surface area contributed by atoms with E-state index in [0.29, 0.717) is 0 Å². The van der Waals surface area contributed by atoms with Gasteiger partial charge in [-0.15, -0.1) is 0 Å². The number of likely N-dealkylation sites (N-methyl/N-ethyl adjacent to an activating group) is 1. The Labute approximate surface area is 135 Å². The van der Waals surface area contributed by atoms with Crippen molar-refractivity contribution in [3.63, 3.8) is 0 Å². The van der Waals surface area contributed by atoms with Crippen LogP contribution in [0.3, 0.4) is 0 Å². The minimum atomic E-state index is 0.833. The molecule has 0 radical (unpaired) electrons. The maximum Gasteiger partial charge on any atom is 0.191 e. The second-order valence-corrected chi connectivity index (χ2v) is 6.42. The molecular formula is C17H34N4O. The van der Waals surface area contributed by atoms with E-state index in [1.165, 1.54) is 25.7 Å². The standard InChI is InChI=1S/C17H34N4O/c1-3-18-17(19-10-5-13-22-14-15-6-7-15)20-11-12-21(4-2)16-8-9-16/h15-16H,3-14H2,1-2H3,(H2,18,19,20). The van der Waals surface area contributed by atoms with Crippen molar-refractivity contribution in [1.29, 1.82) is 0 Å². The lowest BCUT2D eigenvalue weighted by Gasteiger charge is -2.20. The molecule has 0 spiro atoms. The molecule has 2 aliphatic rings. The highest BCUT2D eigenvalue weighted by Crippen LogP contribution is 2.28. The fourth-order valence-electron chi connectivity index (χ4n) is 2.59. The molecule has 2 saturated carbocycles. The van der Waals surface area contributed by atoms with Gasteiger partial charge in [-0.25, -0.2) is 0 Å². The van der Waals surface area contributed by atoms with Crippen molar-refractivity contribution in [2.24, 2.45) is 10.9 Å². The third kappa shape index (κ3) is 7.45. The third-order valence-electron chi connectivity index (χ3n) is 4.27. The second kappa shape index (κ2) is 10.1. The largest absolute Gasteiger partial charge is 0.381 e. The highest BCUT2D eigenvalue weighted by Gasteiger charge is 2.27. The van der Waals surface area contributed by atoms with Crippen molar-refractivity contribution in [2.45, 2.75) is 52.0 Å². The molecule has 0 aromatic rings. The van der Waals surface area contributed by atoms with Crippen molar-refractivity contribution in [3.05, 3.63) is 0 Å². The first-order valence-electron chi connectivity index (χ1n) is 9.17. The fourth-order valence-corrected chi connectivity index (χ4v) is 2.59. The highest BCUT2D eigenvalue weighted by atomic mass is 16.5. The first-order valence-corrected chi connectivity index (χ1v) is 9.17. The SMILES string of the molecule is CCNC(=NCCCOCC1CC1)NCCN(CC)C1CC1. The second-order valence-electron chi connectivity index (χ2n) is 6.42. The maximum atomic E-state index is 5.64. The van der Waals surface area contributed by atoms with E-state index >= 15 is 0 Å². The molecule has 0 amide bonds. The molecule has 0 atom stereocenters. The minimum Gasteiger partial charge on any atom is -0.381 e. The van der Waals surface area contributed by atoms with Gasteiger partial charge in [0.25, 0.3) is 0 Å². The molecular weight excluding hydrogens is 276 g/mol. The number of nitrogens with zero attached hydrogens (tertiary/aromatic N) is 2. The summed E-state index contributed by atoms with van der Waals surface area (Å²) in [5.41, 5.74) is 0. The van der Waals surface area contributed by atoms with Crippen LogP contribution in [0, 0.1) is 5.92 Å².